The van der Waals surface area contributed by atoms with Crippen LogP contribution in [0.1, 0.15) is 5.56 Å². The second-order valence-corrected chi connectivity index (χ2v) is 5.82. The van der Waals surface area contributed by atoms with Gasteiger partial charge in [-0.25, -0.2) is 4.98 Å². The third-order valence-electron chi connectivity index (χ3n) is 3.59. The number of nitrogens with zero attached hydrogens (tertiary/aromatic N) is 2. The number of aromatic amines is 1. The van der Waals surface area contributed by atoms with Crippen LogP contribution in [0.15, 0.2) is 53.8 Å². The van der Waals surface area contributed by atoms with Crippen molar-refractivity contribution in [3.63, 3.8) is 0 Å². The normalized spacial score (nSPS) is 12.6. The van der Waals surface area contributed by atoms with Gasteiger partial charge in [0.1, 0.15) is 16.5 Å². The molecule has 0 fully saturated rings. The maximum Gasteiger partial charge on any atom is 0.235 e. The van der Waals surface area contributed by atoms with E-state index in [2.05, 4.69) is 22.3 Å². The van der Waals surface area contributed by atoms with Crippen LogP contribution in [0.3, 0.4) is 0 Å². The second-order valence-electron chi connectivity index (χ2n) is 4.85. The smallest absolute Gasteiger partial charge is 0.235 e. The van der Waals surface area contributed by atoms with E-state index in [1.807, 2.05) is 41.2 Å². The number of hydrogen-bond acceptors (Lipinski definition) is 3. The fourth-order valence-corrected chi connectivity index (χ4v) is 3.48. The summed E-state index contributed by atoms with van der Waals surface area (Å²) >= 11 is 1.78. The molecule has 2 aromatic heterocycles. The molecule has 0 spiro atoms. The number of ether oxygens (including phenoxy) is 1. The monoisotopic (exact) mass is 296 g/mol. The van der Waals surface area contributed by atoms with Gasteiger partial charge in [-0.05, 0) is 24.3 Å². The lowest BCUT2D eigenvalue weighted by Crippen LogP contribution is -2.31. The van der Waals surface area contributed by atoms with E-state index < -0.39 is 0 Å². The van der Waals surface area contributed by atoms with E-state index in [1.54, 1.807) is 18.9 Å². The van der Waals surface area contributed by atoms with Crippen LogP contribution in [0.5, 0.6) is 5.75 Å². The van der Waals surface area contributed by atoms with Gasteiger partial charge >= 0.3 is 0 Å². The summed E-state index contributed by atoms with van der Waals surface area (Å²) in [5, 5.41) is 4.56. The molecule has 1 N–H and O–H groups in total. The molecular formula is C16H14N3OS+. The first kappa shape index (κ1) is 12.5. The minimum absolute atomic E-state index is 0.862. The van der Waals surface area contributed by atoms with Crippen molar-refractivity contribution in [3.05, 3.63) is 54.4 Å². The Morgan fingerprint density at radius 2 is 2.10 bits per heavy atom. The van der Waals surface area contributed by atoms with E-state index >= 15 is 0 Å². The summed E-state index contributed by atoms with van der Waals surface area (Å²) in [5.74, 6) is 1.81. The molecule has 0 saturated heterocycles. The van der Waals surface area contributed by atoms with E-state index in [0.29, 0.717) is 0 Å². The molecule has 5 heteroatoms. The summed E-state index contributed by atoms with van der Waals surface area (Å²) in [6.45, 7) is 0. The van der Waals surface area contributed by atoms with Crippen molar-refractivity contribution < 1.29 is 9.42 Å². The van der Waals surface area contributed by atoms with Crippen LogP contribution >= 0.6 is 11.8 Å². The van der Waals surface area contributed by atoms with Gasteiger partial charge in [-0.2, -0.15) is 5.10 Å². The summed E-state index contributed by atoms with van der Waals surface area (Å²) < 4.78 is 7.25. The van der Waals surface area contributed by atoms with Gasteiger partial charge < -0.3 is 4.74 Å². The quantitative estimate of drug-likeness (QED) is 0.739. The molecule has 4 nitrogen and oxygen atoms in total. The van der Waals surface area contributed by atoms with Crippen molar-refractivity contribution in [2.24, 2.45) is 0 Å². The van der Waals surface area contributed by atoms with Crippen molar-refractivity contribution in [2.45, 2.75) is 10.8 Å². The third kappa shape index (κ3) is 2.10. The van der Waals surface area contributed by atoms with Crippen molar-refractivity contribution >= 4 is 11.8 Å². The van der Waals surface area contributed by atoms with E-state index in [1.165, 1.54) is 11.1 Å². The van der Waals surface area contributed by atoms with Crippen LogP contribution < -0.4 is 9.42 Å². The first-order valence-corrected chi connectivity index (χ1v) is 7.70. The highest BCUT2D eigenvalue weighted by atomic mass is 32.2. The van der Waals surface area contributed by atoms with Gasteiger partial charge in [0.15, 0.2) is 0 Å². The van der Waals surface area contributed by atoms with Crippen LogP contribution in [0, 0.1) is 0 Å². The maximum atomic E-state index is 5.20. The fourth-order valence-electron chi connectivity index (χ4n) is 2.51. The largest absolute Gasteiger partial charge is 0.497 e. The van der Waals surface area contributed by atoms with Crippen molar-refractivity contribution in [1.29, 1.82) is 0 Å². The molecule has 3 aromatic rings. The van der Waals surface area contributed by atoms with E-state index in [9.17, 15) is 0 Å². The van der Waals surface area contributed by atoms with E-state index in [-0.39, 0.29) is 0 Å². The van der Waals surface area contributed by atoms with Gasteiger partial charge in [-0.1, -0.05) is 4.68 Å². The fraction of sp³-hybridized carbons (Fsp3) is 0.125. The predicted molar refractivity (Wildman–Crippen MR) is 81.7 cm³/mol. The summed E-state index contributed by atoms with van der Waals surface area (Å²) in [7, 11) is 1.68. The maximum absolute atomic E-state index is 5.20. The Balaban J connectivity index is 1.79. The van der Waals surface area contributed by atoms with Gasteiger partial charge in [0.25, 0.3) is 0 Å². The Morgan fingerprint density at radius 1 is 1.24 bits per heavy atom. The lowest BCUT2D eigenvalue weighted by molar-refractivity contribution is -0.654. The number of aromatic nitrogens is 3. The summed E-state index contributed by atoms with van der Waals surface area (Å²) in [6, 6.07) is 12.1. The molecule has 0 atom stereocenters. The van der Waals surface area contributed by atoms with Gasteiger partial charge in [0, 0.05) is 29.6 Å². The average molecular weight is 296 g/mol. The highest BCUT2D eigenvalue weighted by molar-refractivity contribution is 7.98. The molecule has 0 saturated carbocycles. The van der Waals surface area contributed by atoms with Crippen molar-refractivity contribution in [1.82, 2.24) is 10.1 Å². The molecule has 0 amide bonds. The lowest BCUT2D eigenvalue weighted by Gasteiger charge is -2.10. The number of pyridine rings is 1. The minimum Gasteiger partial charge on any atom is -0.497 e. The highest BCUT2D eigenvalue weighted by Gasteiger charge is 2.24. The van der Waals surface area contributed by atoms with Crippen molar-refractivity contribution in [3.8, 4) is 22.7 Å². The number of rotatable bonds is 2. The highest BCUT2D eigenvalue weighted by Crippen LogP contribution is 2.38. The number of methoxy groups -OCH3 is 1. The molecular weight excluding hydrogens is 282 g/mol. The number of thioether (sulfide) groups is 1. The van der Waals surface area contributed by atoms with Crippen LogP contribution in [0.25, 0.3) is 16.9 Å². The molecule has 0 unspecified atom stereocenters. The Kier molecular flexibility index (Phi) is 2.93. The second kappa shape index (κ2) is 4.93. The first-order valence-electron chi connectivity index (χ1n) is 6.71. The van der Waals surface area contributed by atoms with Crippen LogP contribution in [0.2, 0.25) is 0 Å². The molecule has 1 aromatic carbocycles. The van der Waals surface area contributed by atoms with Gasteiger partial charge in [-0.15, -0.1) is 11.8 Å². The molecule has 0 bridgehead atoms. The summed E-state index contributed by atoms with van der Waals surface area (Å²) in [6.07, 6.45) is 4.00. The predicted octanol–water partition coefficient (Wildman–Crippen LogP) is 2.97. The Morgan fingerprint density at radius 3 is 2.90 bits per heavy atom. The first-order chi connectivity index (χ1) is 10.3. The van der Waals surface area contributed by atoms with Gasteiger partial charge in [0.2, 0.25) is 11.9 Å². The average Bonchev–Trinajstić information content (AvgIpc) is 2.99. The molecule has 21 heavy (non-hydrogen) atoms. The molecule has 0 aliphatic carbocycles. The van der Waals surface area contributed by atoms with Gasteiger partial charge in [-0.3, -0.25) is 0 Å². The number of benzene rings is 1. The molecule has 4 rings (SSSR count). The Bertz CT molecular complexity index is 796. The topological polar surface area (TPSA) is 41.8 Å². The van der Waals surface area contributed by atoms with Crippen molar-refractivity contribution in [2.75, 3.05) is 7.11 Å². The molecule has 1 aliphatic rings. The van der Waals surface area contributed by atoms with Crippen LogP contribution in [-0.2, 0) is 5.75 Å². The summed E-state index contributed by atoms with van der Waals surface area (Å²) in [5.41, 5.74) is 4.72. The Labute approximate surface area is 126 Å². The zero-order valence-corrected chi connectivity index (χ0v) is 12.4. The zero-order valence-electron chi connectivity index (χ0n) is 11.5. The number of hydrogen-bond donors (Lipinski definition) is 1. The van der Waals surface area contributed by atoms with Gasteiger partial charge in [0.05, 0.1) is 12.7 Å². The zero-order chi connectivity index (χ0) is 14.2. The minimum atomic E-state index is 0.862. The third-order valence-corrected chi connectivity index (χ3v) is 4.65. The van der Waals surface area contributed by atoms with E-state index in [0.717, 1.165) is 27.9 Å². The van der Waals surface area contributed by atoms with Crippen LogP contribution in [0.4, 0.5) is 0 Å². The SMILES string of the molecule is COc1ccc(-[n+]2cc3c([nH]2)-c2cccnc2SC3)cc1. The lowest BCUT2D eigenvalue weighted by atomic mass is 10.1. The Hall–Kier alpha value is -2.27. The number of nitrogens with one attached hydrogen (secondary N) is 1. The number of fused-ring (bicyclic) bond motifs is 3. The van der Waals surface area contributed by atoms with E-state index in [4.69, 9.17) is 4.74 Å². The molecule has 3 heterocycles. The van der Waals surface area contributed by atoms with Crippen LogP contribution in [-0.4, -0.2) is 17.2 Å². The molecule has 104 valence electrons. The number of H-pyrrole nitrogens is 1. The standard InChI is InChI=1S/C16H13N3OS/c1-20-13-6-4-12(5-7-13)19-9-11-10-21-16-14(15(11)18-19)3-2-8-17-16/h2-9H,10H2,1H3/p+1. The molecule has 0 radical (unpaired) electrons. The molecule has 1 aliphatic heterocycles. The summed E-state index contributed by atoms with van der Waals surface area (Å²) in [4.78, 5) is 4.44.